The van der Waals surface area contributed by atoms with Gasteiger partial charge in [-0.3, -0.25) is 10.1 Å². The summed E-state index contributed by atoms with van der Waals surface area (Å²) in [6.45, 7) is 1.59. The van der Waals surface area contributed by atoms with Gasteiger partial charge in [0.25, 0.3) is 0 Å². The Balaban J connectivity index is 1.92. The molecule has 9 heteroatoms. The quantitative estimate of drug-likeness (QED) is 0.276. The van der Waals surface area contributed by atoms with Gasteiger partial charge in [0.1, 0.15) is 12.2 Å². The van der Waals surface area contributed by atoms with E-state index in [1.54, 1.807) is 30.4 Å². The van der Waals surface area contributed by atoms with E-state index in [9.17, 15) is 19.2 Å². The van der Waals surface area contributed by atoms with Gasteiger partial charge in [0.05, 0.1) is 0 Å². The monoisotopic (exact) mass is 351 g/mol. The van der Waals surface area contributed by atoms with Crippen LogP contribution in [0.4, 0.5) is 4.79 Å². The third-order valence-electron chi connectivity index (χ3n) is 3.83. The van der Waals surface area contributed by atoms with Gasteiger partial charge in [0.15, 0.2) is 0 Å². The number of carbonyl (C=O) groups is 4. The smallest absolute Gasteiger partial charge is 0.409 e. The highest BCUT2D eigenvalue weighted by atomic mass is 16.6. The Bertz CT molecular complexity index is 703. The van der Waals surface area contributed by atoms with E-state index in [-0.39, 0.29) is 18.8 Å². The van der Waals surface area contributed by atoms with Crippen molar-refractivity contribution in [3.8, 4) is 0 Å². The van der Waals surface area contributed by atoms with Crippen LogP contribution in [0.25, 0.3) is 0 Å². The number of nitrogens with one attached hydrogen (secondary N) is 1. The van der Waals surface area contributed by atoms with E-state index >= 15 is 0 Å². The predicted molar refractivity (Wildman–Crippen MR) is 81.3 cm³/mol. The second kappa shape index (κ2) is 7.31. The molecule has 9 nitrogen and oxygen atoms in total. The molecule has 0 radical (unpaired) electrons. The molecule has 1 aromatic carbocycles. The molecule has 0 aromatic heterocycles. The number of aldehydes is 1. The summed E-state index contributed by atoms with van der Waals surface area (Å²) in [4.78, 5) is 43.3. The van der Waals surface area contributed by atoms with Gasteiger partial charge in [-0.1, -0.05) is 24.3 Å². The minimum absolute atomic E-state index is 0.0704. The molecule has 0 spiro atoms. The van der Waals surface area contributed by atoms with E-state index in [2.05, 4.69) is 0 Å². The molecule has 1 aromatic rings. The van der Waals surface area contributed by atoms with Gasteiger partial charge in [-0.2, -0.15) is 0 Å². The lowest BCUT2D eigenvalue weighted by Gasteiger charge is -2.12. The van der Waals surface area contributed by atoms with E-state index in [1.807, 2.05) is 6.07 Å². The highest BCUT2D eigenvalue weighted by Crippen LogP contribution is 2.54. The van der Waals surface area contributed by atoms with Crippen LogP contribution in [0.5, 0.6) is 0 Å². The molecule has 3 N–H and O–H groups in total. The zero-order valence-electron chi connectivity index (χ0n) is 13.3. The number of carboxylic acids is 1. The van der Waals surface area contributed by atoms with Crippen LogP contribution in [0.2, 0.25) is 0 Å². The Labute approximate surface area is 142 Å². The number of aliphatic hydroxyl groups excluding tert-OH is 1. The molecule has 1 saturated carbocycles. The number of benzene rings is 1. The molecule has 1 aliphatic rings. The van der Waals surface area contributed by atoms with Crippen molar-refractivity contribution in [1.29, 1.82) is 0 Å². The number of ether oxygens (including phenoxy) is 2. The molecule has 1 aliphatic carbocycles. The van der Waals surface area contributed by atoms with Crippen LogP contribution in [0.1, 0.15) is 30.4 Å². The fraction of sp³-hybridized carbons (Fsp3) is 0.375. The number of carboxylic acid groups (broad SMARTS) is 1. The number of rotatable bonds is 7. The van der Waals surface area contributed by atoms with E-state index < -0.39 is 29.9 Å². The van der Waals surface area contributed by atoms with Crippen LogP contribution in [-0.2, 0) is 30.5 Å². The summed E-state index contributed by atoms with van der Waals surface area (Å²) in [5.74, 6) is -2.59. The number of esters is 1. The first kappa shape index (κ1) is 18.4. The molecular formula is C16H17NO8. The topological polar surface area (TPSA) is 139 Å². The Hall–Kier alpha value is -2.94. The Morgan fingerprint density at radius 3 is 2.80 bits per heavy atom. The highest BCUT2D eigenvalue weighted by Gasteiger charge is 2.54. The first-order valence-corrected chi connectivity index (χ1v) is 7.36. The van der Waals surface area contributed by atoms with Crippen molar-refractivity contribution >= 4 is 24.3 Å². The lowest BCUT2D eigenvalue weighted by molar-refractivity contribution is -0.154. The third-order valence-corrected chi connectivity index (χ3v) is 3.83. The molecule has 0 heterocycles. The maximum atomic E-state index is 11.4. The average Bonchev–Trinajstić information content (AvgIpc) is 3.24. The van der Waals surface area contributed by atoms with Crippen LogP contribution in [-0.4, -0.2) is 46.4 Å². The van der Waals surface area contributed by atoms with E-state index in [0.29, 0.717) is 12.0 Å². The molecule has 0 bridgehead atoms. The SMILES string of the molecule is CC1(OC(=O)C=O)C[C@@H]1c1cccc(COC(=O)NC(O)C(=O)O)c1. The summed E-state index contributed by atoms with van der Waals surface area (Å²) < 4.78 is 9.92. The minimum atomic E-state index is -2.04. The van der Waals surface area contributed by atoms with Gasteiger partial charge in [0.2, 0.25) is 12.5 Å². The zero-order chi connectivity index (χ0) is 18.6. The normalized spacial score (nSPS) is 22.4. The van der Waals surface area contributed by atoms with Gasteiger partial charge in [-0.15, -0.1) is 0 Å². The number of carbonyl (C=O) groups excluding carboxylic acids is 3. The fourth-order valence-electron chi connectivity index (χ4n) is 2.45. The molecule has 1 fully saturated rings. The van der Waals surface area contributed by atoms with Crippen LogP contribution in [0, 0.1) is 0 Å². The zero-order valence-corrected chi connectivity index (χ0v) is 13.3. The fourth-order valence-corrected chi connectivity index (χ4v) is 2.45. The van der Waals surface area contributed by atoms with E-state index in [4.69, 9.17) is 19.7 Å². The van der Waals surface area contributed by atoms with Gasteiger partial charge in [-0.05, 0) is 24.5 Å². The lowest BCUT2D eigenvalue weighted by Crippen LogP contribution is -2.40. The Kier molecular flexibility index (Phi) is 5.38. The maximum absolute atomic E-state index is 11.4. The molecule has 2 rings (SSSR count). The standard InChI is InChI=1S/C16H17NO8/c1-16(25-12(19)7-18)6-11(16)10-4-2-3-9(5-10)8-24-15(23)17-13(20)14(21)22/h2-5,7,11,13,20H,6,8H2,1H3,(H,17,23)(H,21,22)/t11-,13?,16?/m1/s1. The Morgan fingerprint density at radius 2 is 2.16 bits per heavy atom. The van der Waals surface area contributed by atoms with Crippen LogP contribution in [0.15, 0.2) is 24.3 Å². The molecule has 2 unspecified atom stereocenters. The number of hydrogen-bond acceptors (Lipinski definition) is 7. The number of amides is 1. The second-order valence-electron chi connectivity index (χ2n) is 5.81. The van der Waals surface area contributed by atoms with Gasteiger partial charge in [0, 0.05) is 5.92 Å². The predicted octanol–water partition coefficient (Wildman–Crippen LogP) is 0.304. The van der Waals surface area contributed by atoms with Crippen molar-refractivity contribution in [1.82, 2.24) is 5.32 Å². The first-order chi connectivity index (χ1) is 11.7. The van der Waals surface area contributed by atoms with Crippen molar-refractivity contribution in [3.63, 3.8) is 0 Å². The molecule has 25 heavy (non-hydrogen) atoms. The highest BCUT2D eigenvalue weighted by molar-refractivity contribution is 6.20. The van der Waals surface area contributed by atoms with Gasteiger partial charge in [-0.25, -0.2) is 14.4 Å². The maximum Gasteiger partial charge on any atom is 0.409 e. The van der Waals surface area contributed by atoms with Crippen LogP contribution >= 0.6 is 0 Å². The lowest BCUT2D eigenvalue weighted by atomic mass is 10.1. The average molecular weight is 351 g/mol. The van der Waals surface area contributed by atoms with Crippen molar-refractivity contribution in [2.45, 2.75) is 37.7 Å². The summed E-state index contributed by atoms with van der Waals surface area (Å²) in [6, 6.07) is 7.01. The largest absolute Gasteiger partial charge is 0.478 e. The molecule has 0 aliphatic heterocycles. The van der Waals surface area contributed by atoms with Crippen LogP contribution in [0.3, 0.4) is 0 Å². The van der Waals surface area contributed by atoms with E-state index in [0.717, 1.165) is 5.56 Å². The van der Waals surface area contributed by atoms with Crippen LogP contribution < -0.4 is 5.32 Å². The number of hydrogen-bond donors (Lipinski definition) is 3. The molecule has 1 amide bonds. The Morgan fingerprint density at radius 1 is 1.44 bits per heavy atom. The third kappa shape index (κ3) is 4.77. The summed E-state index contributed by atoms with van der Waals surface area (Å²) in [5.41, 5.74) is 0.752. The number of alkyl carbamates (subject to hydrolysis) is 1. The van der Waals surface area contributed by atoms with E-state index in [1.165, 1.54) is 0 Å². The molecule has 0 saturated heterocycles. The summed E-state index contributed by atoms with van der Waals surface area (Å²) >= 11 is 0. The summed E-state index contributed by atoms with van der Waals surface area (Å²) in [5, 5.41) is 19.2. The van der Waals surface area contributed by atoms with Gasteiger partial charge < -0.3 is 19.7 Å². The number of aliphatic hydroxyl groups is 1. The van der Waals surface area contributed by atoms with Crippen molar-refractivity contribution < 1.29 is 38.9 Å². The summed E-state index contributed by atoms with van der Waals surface area (Å²) in [6.07, 6.45) is -2.42. The minimum Gasteiger partial charge on any atom is -0.478 e. The second-order valence-corrected chi connectivity index (χ2v) is 5.81. The summed E-state index contributed by atoms with van der Waals surface area (Å²) in [7, 11) is 0. The van der Waals surface area contributed by atoms with Crippen molar-refractivity contribution in [2.75, 3.05) is 0 Å². The van der Waals surface area contributed by atoms with Crippen molar-refractivity contribution in [3.05, 3.63) is 35.4 Å². The first-order valence-electron chi connectivity index (χ1n) is 7.36. The van der Waals surface area contributed by atoms with Gasteiger partial charge >= 0.3 is 18.0 Å². The van der Waals surface area contributed by atoms with Crippen molar-refractivity contribution in [2.24, 2.45) is 0 Å². The molecule has 134 valence electrons. The molecule has 3 atom stereocenters. The number of aliphatic carboxylic acids is 1. The molecular weight excluding hydrogens is 334 g/mol.